The second-order valence-corrected chi connectivity index (χ2v) is 11.4. The van der Waals surface area contributed by atoms with Crippen LogP contribution < -0.4 is 5.32 Å². The number of sulfonamides is 1. The van der Waals surface area contributed by atoms with Gasteiger partial charge in [-0.2, -0.15) is 0 Å². The van der Waals surface area contributed by atoms with Crippen LogP contribution in [0.3, 0.4) is 0 Å². The molecule has 1 atom stereocenters. The highest BCUT2D eigenvalue weighted by Crippen LogP contribution is 2.54. The van der Waals surface area contributed by atoms with E-state index in [1.165, 1.54) is 16.1 Å². The van der Waals surface area contributed by atoms with Crippen molar-refractivity contribution in [1.29, 1.82) is 0 Å². The number of thioether (sulfide) groups is 1. The SMILES string of the molecule is CC1(C)CNC(=O)C2=C(C1)N(S(=O)(=O)c1ccccc1)C(c1ccnc3[nH]ccc13)S2. The Labute approximate surface area is 185 Å². The molecule has 2 aromatic heterocycles. The van der Waals surface area contributed by atoms with Gasteiger partial charge in [0.05, 0.1) is 15.5 Å². The topological polar surface area (TPSA) is 95.2 Å². The lowest BCUT2D eigenvalue weighted by molar-refractivity contribution is -0.117. The van der Waals surface area contributed by atoms with Gasteiger partial charge in [-0.1, -0.05) is 43.8 Å². The molecule has 0 radical (unpaired) electrons. The van der Waals surface area contributed by atoms with Crippen LogP contribution in [-0.4, -0.2) is 35.1 Å². The van der Waals surface area contributed by atoms with E-state index in [1.54, 1.807) is 42.7 Å². The third-order valence-electron chi connectivity index (χ3n) is 5.61. The number of nitrogens with zero attached hydrogens (tertiary/aromatic N) is 2. The first kappa shape index (κ1) is 20.1. The van der Waals surface area contributed by atoms with Crippen molar-refractivity contribution in [2.24, 2.45) is 5.41 Å². The minimum absolute atomic E-state index is 0.205. The smallest absolute Gasteiger partial charge is 0.265 e. The molecule has 160 valence electrons. The normalized spacial score (nSPS) is 21.2. The summed E-state index contributed by atoms with van der Waals surface area (Å²) in [4.78, 5) is 21.0. The molecule has 0 bridgehead atoms. The van der Waals surface area contributed by atoms with Crippen molar-refractivity contribution < 1.29 is 13.2 Å². The highest BCUT2D eigenvalue weighted by molar-refractivity contribution is 8.05. The Hall–Kier alpha value is -2.78. The number of benzene rings is 1. The summed E-state index contributed by atoms with van der Waals surface area (Å²) in [6.45, 7) is 4.55. The molecule has 31 heavy (non-hydrogen) atoms. The standard InChI is InChI=1S/C22H22N4O3S2/c1-22(2)12-17-18(20(27)25-13-22)30-21(16-9-11-24-19-15(16)8-10-23-19)26(17)31(28,29)14-6-4-3-5-7-14/h3-11,21H,12-13H2,1-2H3,(H,23,24)(H,25,27). The molecule has 5 rings (SSSR count). The van der Waals surface area contributed by atoms with Gasteiger partial charge in [0.15, 0.2) is 0 Å². The highest BCUT2D eigenvalue weighted by Gasteiger charge is 2.47. The predicted octanol–water partition coefficient (Wildman–Crippen LogP) is 3.76. The average Bonchev–Trinajstić information content (AvgIpc) is 3.35. The van der Waals surface area contributed by atoms with E-state index in [-0.39, 0.29) is 16.2 Å². The number of amides is 1. The second-order valence-electron chi connectivity index (χ2n) is 8.52. The molecular formula is C22H22N4O3S2. The molecule has 1 unspecified atom stereocenters. The zero-order valence-electron chi connectivity index (χ0n) is 17.1. The second kappa shape index (κ2) is 7.13. The third-order valence-corrected chi connectivity index (χ3v) is 8.91. The first-order valence-electron chi connectivity index (χ1n) is 9.97. The molecule has 2 N–H and O–H groups in total. The molecule has 1 aromatic carbocycles. The van der Waals surface area contributed by atoms with E-state index in [0.717, 1.165) is 10.9 Å². The summed E-state index contributed by atoms with van der Waals surface area (Å²) in [5.41, 5.74) is 1.75. The van der Waals surface area contributed by atoms with Gasteiger partial charge in [0.2, 0.25) is 0 Å². The first-order chi connectivity index (χ1) is 14.8. The molecule has 2 aliphatic rings. The lowest BCUT2D eigenvalue weighted by Gasteiger charge is -2.32. The fourth-order valence-corrected chi connectivity index (χ4v) is 7.42. The van der Waals surface area contributed by atoms with E-state index in [9.17, 15) is 13.2 Å². The van der Waals surface area contributed by atoms with Gasteiger partial charge >= 0.3 is 0 Å². The van der Waals surface area contributed by atoms with Crippen molar-refractivity contribution in [2.45, 2.75) is 30.5 Å². The quantitative estimate of drug-likeness (QED) is 0.628. The van der Waals surface area contributed by atoms with Crippen LogP contribution >= 0.6 is 11.8 Å². The molecule has 0 saturated carbocycles. The number of hydrogen-bond acceptors (Lipinski definition) is 5. The van der Waals surface area contributed by atoms with E-state index >= 15 is 0 Å². The van der Waals surface area contributed by atoms with Crippen LogP contribution in [0.5, 0.6) is 0 Å². The van der Waals surface area contributed by atoms with Crippen molar-refractivity contribution >= 4 is 38.7 Å². The number of rotatable bonds is 3. The molecule has 0 aliphatic carbocycles. The minimum atomic E-state index is -3.90. The van der Waals surface area contributed by atoms with Crippen LogP contribution in [-0.2, 0) is 14.8 Å². The van der Waals surface area contributed by atoms with Gasteiger partial charge in [-0.25, -0.2) is 13.4 Å². The summed E-state index contributed by atoms with van der Waals surface area (Å²) in [6, 6.07) is 12.1. The lowest BCUT2D eigenvalue weighted by Crippen LogP contribution is -2.34. The molecule has 4 heterocycles. The summed E-state index contributed by atoms with van der Waals surface area (Å²) in [5, 5.41) is 3.20. The number of aromatic amines is 1. The Kier molecular flexibility index (Phi) is 4.63. The summed E-state index contributed by atoms with van der Waals surface area (Å²) in [6.07, 6.45) is 3.92. The van der Waals surface area contributed by atoms with Crippen molar-refractivity contribution in [2.75, 3.05) is 6.54 Å². The van der Waals surface area contributed by atoms with Gasteiger partial charge in [0.25, 0.3) is 15.9 Å². The van der Waals surface area contributed by atoms with Crippen LogP contribution in [0.2, 0.25) is 0 Å². The molecule has 0 spiro atoms. The van der Waals surface area contributed by atoms with E-state index in [1.807, 2.05) is 26.0 Å². The number of carbonyl (C=O) groups is 1. The number of H-pyrrole nitrogens is 1. The van der Waals surface area contributed by atoms with Gasteiger partial charge in [-0.15, -0.1) is 0 Å². The summed E-state index contributed by atoms with van der Waals surface area (Å²) >= 11 is 1.29. The zero-order chi connectivity index (χ0) is 21.8. The van der Waals surface area contributed by atoms with E-state index in [2.05, 4.69) is 15.3 Å². The van der Waals surface area contributed by atoms with Gasteiger partial charge in [-0.05, 0) is 41.7 Å². The van der Waals surface area contributed by atoms with Crippen molar-refractivity contribution in [3.05, 3.63) is 71.0 Å². The lowest BCUT2D eigenvalue weighted by atomic mass is 9.88. The Balaban J connectivity index is 1.73. The van der Waals surface area contributed by atoms with Crippen molar-refractivity contribution in [3.63, 3.8) is 0 Å². The van der Waals surface area contributed by atoms with E-state index < -0.39 is 15.4 Å². The van der Waals surface area contributed by atoms with Crippen LogP contribution in [0.4, 0.5) is 0 Å². The van der Waals surface area contributed by atoms with Crippen LogP contribution in [0.1, 0.15) is 31.2 Å². The van der Waals surface area contributed by atoms with Gasteiger partial charge < -0.3 is 10.3 Å². The first-order valence-corrected chi connectivity index (χ1v) is 12.3. The number of carbonyl (C=O) groups excluding carboxylic acids is 1. The Morgan fingerprint density at radius 2 is 1.94 bits per heavy atom. The number of nitrogens with one attached hydrogen (secondary N) is 2. The number of pyridine rings is 1. The zero-order valence-corrected chi connectivity index (χ0v) is 18.8. The summed E-state index contributed by atoms with van der Waals surface area (Å²) in [7, 11) is -3.90. The third kappa shape index (κ3) is 3.32. The number of aromatic nitrogens is 2. The van der Waals surface area contributed by atoms with Gasteiger partial charge in [0.1, 0.15) is 11.0 Å². The van der Waals surface area contributed by atoms with Gasteiger partial charge in [-0.3, -0.25) is 9.10 Å². The van der Waals surface area contributed by atoms with Crippen LogP contribution in [0.25, 0.3) is 11.0 Å². The fourth-order valence-electron chi connectivity index (χ4n) is 4.09. The Morgan fingerprint density at radius 3 is 2.71 bits per heavy atom. The number of hydrogen-bond donors (Lipinski definition) is 2. The summed E-state index contributed by atoms with van der Waals surface area (Å²) in [5.74, 6) is -0.222. The highest BCUT2D eigenvalue weighted by atomic mass is 32.2. The van der Waals surface area contributed by atoms with E-state index in [4.69, 9.17) is 0 Å². The number of fused-ring (bicyclic) bond motifs is 1. The van der Waals surface area contributed by atoms with Crippen molar-refractivity contribution in [1.82, 2.24) is 19.6 Å². The van der Waals surface area contributed by atoms with Gasteiger partial charge in [0, 0.05) is 24.3 Å². The maximum absolute atomic E-state index is 13.9. The van der Waals surface area contributed by atoms with Crippen molar-refractivity contribution in [3.8, 4) is 0 Å². The molecule has 9 heteroatoms. The summed E-state index contributed by atoms with van der Waals surface area (Å²) < 4.78 is 29.3. The fraction of sp³-hybridized carbons (Fsp3) is 0.273. The van der Waals surface area contributed by atoms with E-state index in [0.29, 0.717) is 29.2 Å². The molecule has 2 aliphatic heterocycles. The predicted molar refractivity (Wildman–Crippen MR) is 120 cm³/mol. The molecule has 3 aromatic rings. The van der Waals surface area contributed by atoms with Crippen LogP contribution in [0, 0.1) is 5.41 Å². The average molecular weight is 455 g/mol. The minimum Gasteiger partial charge on any atom is -0.351 e. The largest absolute Gasteiger partial charge is 0.351 e. The maximum atomic E-state index is 13.9. The molecule has 0 saturated heterocycles. The molecule has 1 amide bonds. The number of allylic oxidation sites excluding steroid dienone is 1. The maximum Gasteiger partial charge on any atom is 0.265 e. The Morgan fingerprint density at radius 1 is 1.16 bits per heavy atom. The monoisotopic (exact) mass is 454 g/mol. The molecular weight excluding hydrogens is 432 g/mol. The molecule has 7 nitrogen and oxygen atoms in total. The Bertz CT molecular complexity index is 1310. The van der Waals surface area contributed by atoms with Crippen LogP contribution in [0.15, 0.2) is 70.4 Å². The molecule has 0 fully saturated rings.